The first-order valence-corrected chi connectivity index (χ1v) is 12.7. The van der Waals surface area contributed by atoms with Crippen LogP contribution < -0.4 is 10.6 Å². The average Bonchev–Trinajstić information content (AvgIpc) is 3.50. The summed E-state index contributed by atoms with van der Waals surface area (Å²) < 4.78 is 30.0. The summed E-state index contributed by atoms with van der Waals surface area (Å²) in [6, 6.07) is 10.8. The second-order valence-electron chi connectivity index (χ2n) is 9.34. The number of nitrogens with zero attached hydrogens (tertiary/aromatic N) is 3. The van der Waals surface area contributed by atoms with Gasteiger partial charge >= 0.3 is 0 Å². The normalized spacial score (nSPS) is 20.0. The number of benzene rings is 2. The Morgan fingerprint density at radius 3 is 2.56 bits per heavy atom. The molecule has 3 heterocycles. The molecule has 2 aliphatic heterocycles. The predicted octanol–water partition coefficient (Wildman–Crippen LogP) is 5.05. The van der Waals surface area contributed by atoms with Gasteiger partial charge in [0.15, 0.2) is 0 Å². The number of aliphatic hydroxyl groups is 1. The summed E-state index contributed by atoms with van der Waals surface area (Å²) in [5.41, 5.74) is 7.95. The number of carbonyl (C=O) groups excluding carboxylic acids is 1. The molecule has 2 aromatic carbocycles. The maximum Gasteiger partial charge on any atom is 0.264 e. The lowest BCUT2D eigenvalue weighted by molar-refractivity contribution is 0.0713. The average molecular weight is 509 g/mol. The number of hydrogen-bond acceptors (Lipinski definition) is 5. The molecular formula is C27H26F2N4O2S. The number of hydrogen-bond donors (Lipinski definition) is 2. The summed E-state index contributed by atoms with van der Waals surface area (Å²) in [4.78, 5) is 21.1. The lowest BCUT2D eigenvalue weighted by atomic mass is 10.0. The number of aliphatic hydroxyl groups excluding tert-OH is 1. The van der Waals surface area contributed by atoms with Crippen molar-refractivity contribution in [3.63, 3.8) is 0 Å². The SMILES string of the molecule is [C-]#[N+]c1ccc(-c2cc(C(=O)N3CCC[C@@H](N)C3)sc2-c2ccc(N3CC[C@H](O)C3)cc2F)cc1F. The third kappa shape index (κ3) is 4.72. The summed E-state index contributed by atoms with van der Waals surface area (Å²) in [5.74, 6) is -1.31. The number of halogens is 2. The van der Waals surface area contributed by atoms with Crippen molar-refractivity contribution in [1.29, 1.82) is 0 Å². The fourth-order valence-electron chi connectivity index (χ4n) is 4.89. The second-order valence-corrected chi connectivity index (χ2v) is 10.4. The van der Waals surface area contributed by atoms with Gasteiger partial charge in [0.25, 0.3) is 5.91 Å². The van der Waals surface area contributed by atoms with Crippen molar-refractivity contribution >= 4 is 28.6 Å². The van der Waals surface area contributed by atoms with Crippen molar-refractivity contribution in [3.8, 4) is 21.6 Å². The minimum absolute atomic E-state index is 0.0778. The first-order chi connectivity index (χ1) is 17.3. The molecule has 9 heteroatoms. The molecule has 5 rings (SSSR count). The zero-order chi connectivity index (χ0) is 25.4. The molecule has 2 atom stereocenters. The Kier molecular flexibility index (Phi) is 6.75. The van der Waals surface area contributed by atoms with Gasteiger partial charge in [-0.2, -0.15) is 0 Å². The molecule has 0 bridgehead atoms. The molecule has 3 aromatic rings. The Balaban J connectivity index is 1.57. The van der Waals surface area contributed by atoms with Gasteiger partial charge in [-0.3, -0.25) is 4.79 Å². The van der Waals surface area contributed by atoms with Crippen LogP contribution in [0, 0.1) is 18.2 Å². The minimum atomic E-state index is -0.669. The van der Waals surface area contributed by atoms with E-state index in [9.17, 15) is 14.3 Å². The van der Waals surface area contributed by atoms with E-state index in [1.807, 2.05) is 4.90 Å². The second kappa shape index (κ2) is 9.97. The van der Waals surface area contributed by atoms with E-state index in [1.54, 1.807) is 29.2 Å². The van der Waals surface area contributed by atoms with Gasteiger partial charge in [-0.05, 0) is 55.2 Å². The summed E-state index contributed by atoms with van der Waals surface area (Å²) >= 11 is 1.17. The van der Waals surface area contributed by atoms with Crippen molar-refractivity contribution in [2.45, 2.75) is 31.4 Å². The van der Waals surface area contributed by atoms with E-state index in [-0.39, 0.29) is 17.6 Å². The predicted molar refractivity (Wildman–Crippen MR) is 137 cm³/mol. The molecule has 1 amide bonds. The van der Waals surface area contributed by atoms with Crippen LogP contribution in [0.15, 0.2) is 42.5 Å². The van der Waals surface area contributed by atoms with E-state index in [0.29, 0.717) is 64.7 Å². The quantitative estimate of drug-likeness (QED) is 0.484. The number of nitrogens with two attached hydrogens (primary N) is 1. The van der Waals surface area contributed by atoms with Crippen LogP contribution in [-0.4, -0.2) is 54.2 Å². The highest BCUT2D eigenvalue weighted by molar-refractivity contribution is 7.18. The van der Waals surface area contributed by atoms with Gasteiger partial charge in [0.2, 0.25) is 5.69 Å². The van der Waals surface area contributed by atoms with Crippen molar-refractivity contribution in [3.05, 3.63) is 70.4 Å². The van der Waals surface area contributed by atoms with E-state index >= 15 is 4.39 Å². The van der Waals surface area contributed by atoms with Crippen molar-refractivity contribution in [1.82, 2.24) is 4.90 Å². The van der Waals surface area contributed by atoms with E-state index < -0.39 is 17.7 Å². The zero-order valence-electron chi connectivity index (χ0n) is 19.6. The molecule has 6 nitrogen and oxygen atoms in total. The molecular weight excluding hydrogens is 482 g/mol. The van der Waals surface area contributed by atoms with E-state index in [0.717, 1.165) is 12.8 Å². The van der Waals surface area contributed by atoms with Gasteiger partial charge in [0.05, 0.1) is 17.6 Å². The van der Waals surface area contributed by atoms with Crippen molar-refractivity contribution < 1.29 is 18.7 Å². The Morgan fingerprint density at radius 1 is 1.06 bits per heavy atom. The van der Waals surface area contributed by atoms with Crippen molar-refractivity contribution in [2.75, 3.05) is 31.1 Å². The highest BCUT2D eigenvalue weighted by Crippen LogP contribution is 2.42. The Morgan fingerprint density at radius 2 is 1.89 bits per heavy atom. The summed E-state index contributed by atoms with van der Waals surface area (Å²) in [7, 11) is 0. The van der Waals surface area contributed by atoms with Gasteiger partial charge in [-0.15, -0.1) is 11.3 Å². The molecule has 0 radical (unpaired) electrons. The topological polar surface area (TPSA) is 74.2 Å². The summed E-state index contributed by atoms with van der Waals surface area (Å²) in [6.45, 7) is 9.28. The van der Waals surface area contributed by atoms with Crippen LogP contribution in [-0.2, 0) is 0 Å². The number of piperidine rings is 1. The molecule has 2 saturated heterocycles. The smallest absolute Gasteiger partial charge is 0.264 e. The summed E-state index contributed by atoms with van der Waals surface area (Å²) in [6.07, 6.45) is 1.89. The van der Waals surface area contributed by atoms with Crippen LogP contribution in [0.3, 0.4) is 0 Å². The molecule has 36 heavy (non-hydrogen) atoms. The summed E-state index contributed by atoms with van der Waals surface area (Å²) in [5, 5.41) is 9.84. The monoisotopic (exact) mass is 508 g/mol. The number of anilines is 1. The molecule has 0 saturated carbocycles. The van der Waals surface area contributed by atoms with Crippen LogP contribution in [0.2, 0.25) is 0 Å². The lowest BCUT2D eigenvalue weighted by Gasteiger charge is -2.30. The maximum atomic E-state index is 15.5. The Hall–Kier alpha value is -3.32. The van der Waals surface area contributed by atoms with E-state index in [4.69, 9.17) is 12.3 Å². The van der Waals surface area contributed by atoms with Crippen LogP contribution in [0.25, 0.3) is 26.4 Å². The fourth-order valence-corrected chi connectivity index (χ4v) is 6.06. The molecule has 3 N–H and O–H groups in total. The molecule has 0 spiro atoms. The van der Waals surface area contributed by atoms with Crippen LogP contribution in [0.1, 0.15) is 28.9 Å². The lowest BCUT2D eigenvalue weighted by Crippen LogP contribution is -2.45. The van der Waals surface area contributed by atoms with Crippen molar-refractivity contribution in [2.24, 2.45) is 5.73 Å². The number of amides is 1. The molecule has 0 unspecified atom stereocenters. The van der Waals surface area contributed by atoms with E-state index in [1.165, 1.54) is 29.5 Å². The van der Waals surface area contributed by atoms with Gasteiger partial charge in [-0.25, -0.2) is 13.6 Å². The van der Waals surface area contributed by atoms with Gasteiger partial charge in [0, 0.05) is 53.9 Å². The number of thiophene rings is 1. The number of likely N-dealkylation sites (tertiary alicyclic amines) is 1. The van der Waals surface area contributed by atoms with E-state index in [2.05, 4.69) is 4.85 Å². The van der Waals surface area contributed by atoms with Gasteiger partial charge in [-0.1, -0.05) is 12.1 Å². The third-order valence-corrected chi connectivity index (χ3v) is 7.95. The van der Waals surface area contributed by atoms with Gasteiger partial charge in [0.1, 0.15) is 11.6 Å². The molecule has 186 valence electrons. The minimum Gasteiger partial charge on any atom is -0.391 e. The first kappa shape index (κ1) is 24.4. The molecule has 2 aliphatic rings. The van der Waals surface area contributed by atoms with Crippen LogP contribution in [0.5, 0.6) is 0 Å². The highest BCUT2D eigenvalue weighted by atomic mass is 32.1. The number of carbonyl (C=O) groups is 1. The van der Waals surface area contributed by atoms with Crippen LogP contribution >= 0.6 is 11.3 Å². The maximum absolute atomic E-state index is 15.5. The molecule has 2 fully saturated rings. The Labute approximate surface area is 212 Å². The zero-order valence-corrected chi connectivity index (χ0v) is 20.4. The van der Waals surface area contributed by atoms with Gasteiger partial charge < -0.3 is 20.6 Å². The largest absolute Gasteiger partial charge is 0.391 e. The number of rotatable bonds is 4. The van der Waals surface area contributed by atoms with Crippen LogP contribution in [0.4, 0.5) is 20.2 Å². The molecule has 1 aromatic heterocycles. The Bertz CT molecular complexity index is 1350. The standard InChI is InChI=1S/C27H26F2N4O2S/c1-31-24-7-4-16(11-23(24)29)21-13-25(27(35)33-9-2-3-17(30)14-33)36-26(21)20-6-5-18(12-22(20)28)32-10-8-19(34)15-32/h4-7,11-13,17,19,34H,2-3,8-10,14-15,30H2/t17-,19+/m1/s1. The highest BCUT2D eigenvalue weighted by Gasteiger charge is 2.27. The number of β-amino-alcohol motifs (C(OH)–C–C–N with tert-alkyl or cyclic N) is 1. The first-order valence-electron chi connectivity index (χ1n) is 11.9. The molecule has 0 aliphatic carbocycles. The fraction of sp³-hybridized carbons (Fsp3) is 0.333. The third-order valence-electron chi connectivity index (χ3n) is 6.79.